The molecule has 2 unspecified atom stereocenters. The van der Waals surface area contributed by atoms with E-state index in [2.05, 4.69) is 0 Å². The Hall–Kier alpha value is -2.63. The van der Waals surface area contributed by atoms with Gasteiger partial charge in [-0.3, -0.25) is 0 Å². The maximum atomic E-state index is 14.1. The number of carbonyl (C=O) groups is 1. The zero-order chi connectivity index (χ0) is 59.5. The molecule has 4 fully saturated rings. The van der Waals surface area contributed by atoms with Crippen molar-refractivity contribution in [3.8, 4) is 0 Å². The molecule has 0 aromatic heterocycles. The Morgan fingerprint density at radius 3 is 1.99 bits per heavy atom. The Bertz CT molecular complexity index is 2070. The molecule has 26 atom stereocenters. The highest BCUT2D eigenvalue weighted by Gasteiger charge is 2.58. The van der Waals surface area contributed by atoms with Gasteiger partial charge in [0.15, 0.2) is 25.0 Å². The van der Waals surface area contributed by atoms with Crippen LogP contribution >= 0.6 is 0 Å². The average Bonchev–Trinajstić information content (AvgIpc) is 3.58. The van der Waals surface area contributed by atoms with Crippen LogP contribution in [-0.2, 0) is 61.6 Å². The number of cyclic esters (lactones) is 1. The maximum absolute atomic E-state index is 14.1. The highest BCUT2D eigenvalue weighted by atomic mass is 16.7. The molecule has 5 aliphatic heterocycles. The quantitative estimate of drug-likeness (QED) is 0.106. The van der Waals surface area contributed by atoms with Gasteiger partial charge < -0.3 is 103 Å². The number of aliphatic hydroxyl groups is 9. The van der Waals surface area contributed by atoms with Crippen molar-refractivity contribution in [2.75, 3.05) is 35.0 Å². The molecule has 0 aromatic rings. The van der Waals surface area contributed by atoms with Gasteiger partial charge in [0.2, 0.25) is 5.79 Å². The fourth-order valence-corrected chi connectivity index (χ4v) is 11.5. The van der Waals surface area contributed by atoms with Gasteiger partial charge in [-0.05, 0) is 67.4 Å². The second kappa shape index (κ2) is 31.0. The molecule has 0 bridgehead atoms. The minimum absolute atomic E-state index is 0.0193. The fraction of sp³-hybridized carbons (Fsp3) is 0.810. The summed E-state index contributed by atoms with van der Waals surface area (Å²) in [6.45, 7) is 17.2. The van der Waals surface area contributed by atoms with Crippen molar-refractivity contribution in [3.05, 3.63) is 58.7 Å². The van der Waals surface area contributed by atoms with Gasteiger partial charge in [0, 0.05) is 77.4 Å². The highest BCUT2D eigenvalue weighted by molar-refractivity contribution is 5.88. The third-order valence-corrected chi connectivity index (χ3v) is 16.4. The number of hydrogen-bond donors (Lipinski definition) is 9. The van der Waals surface area contributed by atoms with E-state index in [-0.39, 0.29) is 50.2 Å². The van der Waals surface area contributed by atoms with Crippen molar-refractivity contribution in [2.45, 2.75) is 248 Å². The third kappa shape index (κ3) is 17.5. The van der Waals surface area contributed by atoms with E-state index in [0.29, 0.717) is 12.0 Å². The summed E-state index contributed by atoms with van der Waals surface area (Å²) >= 11 is 0. The lowest BCUT2D eigenvalue weighted by molar-refractivity contribution is -0.367. The van der Waals surface area contributed by atoms with Gasteiger partial charge in [-0.2, -0.15) is 0 Å². The summed E-state index contributed by atoms with van der Waals surface area (Å²) in [5.74, 6) is -5.87. The lowest BCUT2D eigenvalue weighted by atomic mass is 9.76. The Morgan fingerprint density at radius 2 is 1.35 bits per heavy atom. The van der Waals surface area contributed by atoms with Crippen LogP contribution in [0.4, 0.5) is 0 Å². The summed E-state index contributed by atoms with van der Waals surface area (Å²) in [5.41, 5.74) is 2.27. The van der Waals surface area contributed by atoms with Crippen molar-refractivity contribution in [1.82, 2.24) is 0 Å². The van der Waals surface area contributed by atoms with Crippen LogP contribution < -0.4 is 0 Å². The lowest BCUT2D eigenvalue weighted by Crippen LogP contribution is -2.67. The number of aliphatic hydroxyl groups excluding tert-OH is 8. The molecule has 0 radical (unpaired) electrons. The van der Waals surface area contributed by atoms with Crippen LogP contribution in [-0.4, -0.2) is 228 Å². The predicted molar refractivity (Wildman–Crippen MR) is 289 cm³/mol. The number of allylic oxidation sites excluding steroid dienone is 7. The summed E-state index contributed by atoms with van der Waals surface area (Å²) in [6.07, 6.45) is -12.3. The van der Waals surface area contributed by atoms with Gasteiger partial charge >= 0.3 is 5.97 Å². The van der Waals surface area contributed by atoms with E-state index in [0.717, 1.165) is 11.1 Å². The molecule has 5 aliphatic rings. The topological polar surface area (TPSA) is 310 Å². The van der Waals surface area contributed by atoms with Gasteiger partial charge in [0.25, 0.3) is 0 Å². The van der Waals surface area contributed by atoms with Crippen LogP contribution in [0.15, 0.2) is 58.7 Å². The van der Waals surface area contributed by atoms with Crippen LogP contribution in [0.5, 0.6) is 0 Å². The molecule has 22 nitrogen and oxygen atoms in total. The van der Waals surface area contributed by atoms with Crippen LogP contribution in [0, 0.1) is 17.8 Å². The summed E-state index contributed by atoms with van der Waals surface area (Å²) in [6, 6.07) is 0. The van der Waals surface area contributed by atoms with E-state index >= 15 is 0 Å². The van der Waals surface area contributed by atoms with Crippen LogP contribution in [0.1, 0.15) is 108 Å². The van der Waals surface area contributed by atoms with E-state index in [1.807, 2.05) is 51.2 Å². The molecular weight excluding hydrogens is 1050 g/mol. The molecule has 460 valence electrons. The Balaban J connectivity index is 1.38. The number of ether oxygens (including phenoxy) is 12. The summed E-state index contributed by atoms with van der Waals surface area (Å²) in [4.78, 5) is 14.1. The molecule has 4 saturated heterocycles. The highest BCUT2D eigenvalue weighted by Crippen LogP contribution is 2.42. The van der Waals surface area contributed by atoms with E-state index in [4.69, 9.17) is 56.8 Å². The van der Waals surface area contributed by atoms with Crippen molar-refractivity contribution in [1.29, 1.82) is 0 Å². The summed E-state index contributed by atoms with van der Waals surface area (Å²) in [7, 11) is 5.72. The zero-order valence-corrected chi connectivity index (χ0v) is 49.2. The molecule has 22 heteroatoms. The van der Waals surface area contributed by atoms with Gasteiger partial charge in [-0.25, -0.2) is 4.79 Å². The number of carbonyl (C=O) groups excluding carboxylic acids is 1. The molecule has 80 heavy (non-hydrogen) atoms. The first-order valence-corrected chi connectivity index (χ1v) is 28.1. The van der Waals surface area contributed by atoms with E-state index < -0.39 is 158 Å². The van der Waals surface area contributed by atoms with Crippen molar-refractivity contribution >= 4 is 5.97 Å². The largest absolute Gasteiger partial charge is 0.453 e. The normalized spacial score (nSPS) is 46.4. The molecule has 0 spiro atoms. The number of rotatable bonds is 15. The molecule has 0 aliphatic carbocycles. The zero-order valence-electron chi connectivity index (χ0n) is 49.2. The standard InChI is InChI=1S/C58H96O22/c1-28-16-15-17-39(59)44(70-12)24-40(60)54(79-56(67)32(5)22-30(3)20-29(2)21-31(4)42(19-18-28)77-57-51(65)50(64)53(72-14)37(10)75-57)55(66)58(68)34(7)48(62)33(6)43(80-58)23-38(27-69-11)76-46-25-41(61)52(36(9)74-46)78-47-26-45(71-13)49(63)35(8)73-47/h16,18-22,31,33-55,57,59-66,68H,15,17,23-27H2,1-14H3/b19-18-,28-16+,29-21+,30-20+,32-22+/t31-,33+,34-,35-,36+,37+,38-,39-,40-,41+,42?,43-,44?,45-,46+,47+,48+,49-,50+,51+,52+,53+,54+,55-,57+,58-/m1/s1. The van der Waals surface area contributed by atoms with Gasteiger partial charge in [-0.1, -0.05) is 67.9 Å². The Labute approximate surface area is 472 Å². The van der Waals surface area contributed by atoms with Crippen LogP contribution in [0.3, 0.4) is 0 Å². The van der Waals surface area contributed by atoms with Crippen molar-refractivity contribution in [2.24, 2.45) is 17.8 Å². The monoisotopic (exact) mass is 1140 g/mol. The van der Waals surface area contributed by atoms with Gasteiger partial charge in [0.1, 0.15) is 36.6 Å². The first kappa shape index (κ1) is 68.2. The van der Waals surface area contributed by atoms with E-state index in [1.165, 1.54) is 42.3 Å². The predicted octanol–water partition coefficient (Wildman–Crippen LogP) is 2.56. The molecule has 5 rings (SSSR count). The summed E-state index contributed by atoms with van der Waals surface area (Å²) < 4.78 is 71.3. The molecule has 0 saturated carbocycles. The first-order chi connectivity index (χ1) is 37.7. The molecule has 5 heterocycles. The van der Waals surface area contributed by atoms with Gasteiger partial charge in [-0.15, -0.1) is 0 Å². The van der Waals surface area contributed by atoms with Gasteiger partial charge in [0.05, 0.1) is 79.9 Å². The molecule has 9 N–H and O–H groups in total. The first-order valence-electron chi connectivity index (χ1n) is 28.1. The number of hydrogen-bond acceptors (Lipinski definition) is 22. The van der Waals surface area contributed by atoms with E-state index in [9.17, 15) is 50.8 Å². The second-order valence-corrected chi connectivity index (χ2v) is 22.8. The second-order valence-electron chi connectivity index (χ2n) is 22.8. The SMILES string of the molecule is COC[C@@H](C[C@H]1O[C@@](O)([C@H](O)[C@H]2OC(=O)/C(C)=C/C(C)=C/C(C)=C/[C@@H](C)C(O[C@@H]3O[C@@H](C)[C@H](OC)[C@@H](O)[C@@H]3O)/C=C\C(C)=C\CC[C@@H](O)C(OC)C[C@H]2O)[C@H](C)[C@@H](O)[C@H]1C)O[C@H]1C[C@H](O)[C@@H](O[C@H]2C[C@@H](OC)[C@H](O)[C@@H](C)O2)[C@H](C)O1. The average molecular weight is 1150 g/mol. The maximum Gasteiger partial charge on any atom is 0.334 e. The van der Waals surface area contributed by atoms with Crippen molar-refractivity contribution in [3.63, 3.8) is 0 Å². The lowest BCUT2D eigenvalue weighted by Gasteiger charge is -2.51. The Morgan fingerprint density at radius 1 is 0.688 bits per heavy atom. The third-order valence-electron chi connectivity index (χ3n) is 16.4. The smallest absolute Gasteiger partial charge is 0.334 e. The van der Waals surface area contributed by atoms with E-state index in [1.54, 1.807) is 40.7 Å². The number of esters is 1. The molecule has 0 amide bonds. The minimum Gasteiger partial charge on any atom is -0.453 e. The molecular formula is C58H96O22. The molecule has 0 aromatic carbocycles. The minimum atomic E-state index is -2.67. The Kier molecular flexibility index (Phi) is 26.4. The number of methoxy groups -OCH3 is 4. The van der Waals surface area contributed by atoms with Crippen molar-refractivity contribution < 1.29 is 108 Å². The van der Waals surface area contributed by atoms with Crippen LogP contribution in [0.2, 0.25) is 0 Å². The van der Waals surface area contributed by atoms with Crippen LogP contribution in [0.25, 0.3) is 0 Å². The summed E-state index contributed by atoms with van der Waals surface area (Å²) in [5, 5.41) is 104. The fourth-order valence-electron chi connectivity index (χ4n) is 11.5.